The van der Waals surface area contributed by atoms with Gasteiger partial charge in [-0.1, -0.05) is 27.2 Å². The molecule has 1 unspecified atom stereocenters. The molecule has 0 aliphatic rings. The lowest BCUT2D eigenvalue weighted by Crippen LogP contribution is -2.33. The van der Waals surface area contributed by atoms with E-state index in [9.17, 15) is 5.11 Å². The predicted molar refractivity (Wildman–Crippen MR) is 74.6 cm³/mol. The number of rotatable bonds is 6. The predicted octanol–water partition coefficient (Wildman–Crippen LogP) is 2.15. The zero-order valence-electron chi connectivity index (χ0n) is 11.7. The second kappa shape index (κ2) is 6.00. The van der Waals surface area contributed by atoms with Crippen LogP contribution in [-0.2, 0) is 0 Å². The van der Waals surface area contributed by atoms with Crippen molar-refractivity contribution in [3.05, 3.63) is 11.9 Å². The molecule has 1 rings (SSSR count). The van der Waals surface area contributed by atoms with E-state index in [0.717, 1.165) is 18.4 Å². The summed E-state index contributed by atoms with van der Waals surface area (Å²) in [5.41, 5.74) is 6.04. The first-order valence-electron chi connectivity index (χ1n) is 6.44. The van der Waals surface area contributed by atoms with Gasteiger partial charge in [-0.2, -0.15) is 0 Å². The summed E-state index contributed by atoms with van der Waals surface area (Å²) in [5.74, 6) is 1.45. The van der Waals surface area contributed by atoms with Crippen molar-refractivity contribution in [2.24, 2.45) is 0 Å². The van der Waals surface area contributed by atoms with Gasteiger partial charge in [-0.15, -0.1) is 0 Å². The van der Waals surface area contributed by atoms with Crippen LogP contribution in [0.3, 0.4) is 0 Å². The number of nitrogens with zero attached hydrogens (tertiary/aromatic N) is 2. The summed E-state index contributed by atoms with van der Waals surface area (Å²) in [6.07, 6.45) is 3.13. The molecular weight excluding hydrogens is 228 g/mol. The van der Waals surface area contributed by atoms with Crippen LogP contribution in [0, 0.1) is 0 Å². The largest absolute Gasteiger partial charge is 0.388 e. The smallest absolute Gasteiger partial charge is 0.135 e. The number of hydrogen-bond acceptors (Lipinski definition) is 5. The maximum Gasteiger partial charge on any atom is 0.135 e. The summed E-state index contributed by atoms with van der Waals surface area (Å²) in [5, 5.41) is 13.3. The van der Waals surface area contributed by atoms with Crippen LogP contribution in [0.2, 0.25) is 0 Å². The van der Waals surface area contributed by atoms with Gasteiger partial charge in [-0.25, -0.2) is 9.97 Å². The molecule has 1 aromatic heterocycles. The van der Waals surface area contributed by atoms with Gasteiger partial charge in [0, 0.05) is 12.1 Å². The molecule has 18 heavy (non-hydrogen) atoms. The molecule has 0 saturated heterocycles. The first kappa shape index (κ1) is 14.7. The average Bonchev–Trinajstić information content (AvgIpc) is 2.26. The standard InChI is InChI=1S/C13H24N4O/c1-5-6-13(4,18)7-15-12-10(9(2)3)11(14)16-8-17-12/h8-9,18H,5-7H2,1-4H3,(H3,14,15,16,17). The van der Waals surface area contributed by atoms with E-state index >= 15 is 0 Å². The number of nitrogens with one attached hydrogen (secondary N) is 1. The van der Waals surface area contributed by atoms with Gasteiger partial charge >= 0.3 is 0 Å². The van der Waals surface area contributed by atoms with Crippen LogP contribution < -0.4 is 11.1 Å². The molecular formula is C13H24N4O. The molecule has 102 valence electrons. The summed E-state index contributed by atoms with van der Waals surface area (Å²) in [6, 6.07) is 0. The van der Waals surface area contributed by atoms with Crippen molar-refractivity contribution >= 4 is 11.6 Å². The maximum atomic E-state index is 10.1. The molecule has 1 heterocycles. The maximum absolute atomic E-state index is 10.1. The van der Waals surface area contributed by atoms with Crippen LogP contribution in [0.1, 0.15) is 52.0 Å². The Labute approximate surface area is 109 Å². The average molecular weight is 252 g/mol. The molecule has 0 fully saturated rings. The molecule has 0 aliphatic carbocycles. The van der Waals surface area contributed by atoms with Crippen LogP contribution in [0.25, 0.3) is 0 Å². The highest BCUT2D eigenvalue weighted by molar-refractivity contribution is 5.56. The first-order valence-corrected chi connectivity index (χ1v) is 6.44. The van der Waals surface area contributed by atoms with Crippen molar-refractivity contribution in [3.63, 3.8) is 0 Å². The van der Waals surface area contributed by atoms with E-state index in [1.165, 1.54) is 6.33 Å². The zero-order chi connectivity index (χ0) is 13.8. The molecule has 5 nitrogen and oxygen atoms in total. The molecule has 0 aromatic carbocycles. The number of nitrogens with two attached hydrogens (primary N) is 1. The quantitative estimate of drug-likeness (QED) is 0.722. The molecule has 0 saturated carbocycles. The highest BCUT2D eigenvalue weighted by Crippen LogP contribution is 2.26. The van der Waals surface area contributed by atoms with Gasteiger partial charge in [0.25, 0.3) is 0 Å². The van der Waals surface area contributed by atoms with Crippen molar-refractivity contribution in [3.8, 4) is 0 Å². The molecule has 0 amide bonds. The van der Waals surface area contributed by atoms with Crippen molar-refractivity contribution < 1.29 is 5.11 Å². The number of hydrogen-bond donors (Lipinski definition) is 3. The lowest BCUT2D eigenvalue weighted by atomic mass is 10.00. The molecule has 1 atom stereocenters. The van der Waals surface area contributed by atoms with Crippen LogP contribution in [0.5, 0.6) is 0 Å². The van der Waals surface area contributed by atoms with E-state index in [4.69, 9.17) is 5.73 Å². The third kappa shape index (κ3) is 3.84. The van der Waals surface area contributed by atoms with Gasteiger partial charge < -0.3 is 16.2 Å². The monoisotopic (exact) mass is 252 g/mol. The first-order chi connectivity index (χ1) is 8.37. The number of aromatic nitrogens is 2. The van der Waals surface area contributed by atoms with Crippen molar-refractivity contribution in [1.29, 1.82) is 0 Å². The number of nitrogen functional groups attached to an aromatic ring is 1. The van der Waals surface area contributed by atoms with Gasteiger partial charge in [0.2, 0.25) is 0 Å². The number of aliphatic hydroxyl groups is 1. The van der Waals surface area contributed by atoms with E-state index in [1.54, 1.807) is 0 Å². The van der Waals surface area contributed by atoms with Crippen molar-refractivity contribution in [2.75, 3.05) is 17.6 Å². The van der Waals surface area contributed by atoms with Crippen LogP contribution in [-0.4, -0.2) is 27.2 Å². The summed E-state index contributed by atoms with van der Waals surface area (Å²) in [4.78, 5) is 8.22. The van der Waals surface area contributed by atoms with E-state index in [-0.39, 0.29) is 5.92 Å². The molecule has 4 N–H and O–H groups in total. The fourth-order valence-corrected chi connectivity index (χ4v) is 2.02. The Morgan fingerprint density at radius 3 is 2.67 bits per heavy atom. The molecule has 1 aromatic rings. The minimum Gasteiger partial charge on any atom is -0.388 e. The van der Waals surface area contributed by atoms with E-state index in [2.05, 4.69) is 22.2 Å². The minimum atomic E-state index is -0.733. The Morgan fingerprint density at radius 1 is 1.44 bits per heavy atom. The van der Waals surface area contributed by atoms with Crippen LogP contribution in [0.4, 0.5) is 11.6 Å². The summed E-state index contributed by atoms with van der Waals surface area (Å²) in [7, 11) is 0. The molecule has 0 radical (unpaired) electrons. The highest BCUT2D eigenvalue weighted by atomic mass is 16.3. The Morgan fingerprint density at radius 2 is 2.11 bits per heavy atom. The molecule has 0 bridgehead atoms. The molecule has 0 spiro atoms. The lowest BCUT2D eigenvalue weighted by Gasteiger charge is -2.24. The third-order valence-corrected chi connectivity index (χ3v) is 2.92. The van der Waals surface area contributed by atoms with Gasteiger partial charge in [0.05, 0.1) is 5.60 Å². The SMILES string of the molecule is CCCC(C)(O)CNc1ncnc(N)c1C(C)C. The molecule has 0 aliphatic heterocycles. The van der Waals surface area contributed by atoms with Gasteiger partial charge in [0.1, 0.15) is 18.0 Å². The third-order valence-electron chi connectivity index (χ3n) is 2.92. The summed E-state index contributed by atoms with van der Waals surface area (Å²) in [6.45, 7) is 8.42. The topological polar surface area (TPSA) is 84.1 Å². The second-order valence-corrected chi connectivity index (χ2v) is 5.28. The number of anilines is 2. The summed E-state index contributed by atoms with van der Waals surface area (Å²) < 4.78 is 0. The van der Waals surface area contributed by atoms with E-state index < -0.39 is 5.60 Å². The van der Waals surface area contributed by atoms with Crippen LogP contribution in [0.15, 0.2) is 6.33 Å². The zero-order valence-corrected chi connectivity index (χ0v) is 11.7. The van der Waals surface area contributed by atoms with Gasteiger partial charge in [0.15, 0.2) is 0 Å². The van der Waals surface area contributed by atoms with E-state index in [0.29, 0.717) is 18.2 Å². The molecule has 5 heteroatoms. The van der Waals surface area contributed by atoms with Gasteiger partial charge in [-0.05, 0) is 19.3 Å². The van der Waals surface area contributed by atoms with Gasteiger partial charge in [-0.3, -0.25) is 0 Å². The van der Waals surface area contributed by atoms with E-state index in [1.807, 2.05) is 20.8 Å². The Balaban J connectivity index is 2.82. The fourth-order valence-electron chi connectivity index (χ4n) is 2.02. The van der Waals surface area contributed by atoms with Crippen molar-refractivity contribution in [2.45, 2.75) is 52.1 Å². The Bertz CT molecular complexity index is 391. The van der Waals surface area contributed by atoms with Crippen molar-refractivity contribution in [1.82, 2.24) is 9.97 Å². The summed E-state index contributed by atoms with van der Waals surface area (Å²) >= 11 is 0. The lowest BCUT2D eigenvalue weighted by molar-refractivity contribution is 0.0636. The Kier molecular flexibility index (Phi) is 4.90. The minimum absolute atomic E-state index is 0.241. The fraction of sp³-hybridized carbons (Fsp3) is 0.692. The second-order valence-electron chi connectivity index (χ2n) is 5.28. The normalized spacial score (nSPS) is 14.6. The highest BCUT2D eigenvalue weighted by Gasteiger charge is 2.20. The van der Waals surface area contributed by atoms with Crippen LogP contribution >= 0.6 is 0 Å². The Hall–Kier alpha value is -1.36.